The summed E-state index contributed by atoms with van der Waals surface area (Å²) in [5, 5.41) is 9.85. The van der Waals surface area contributed by atoms with Crippen LogP contribution in [-0.2, 0) is 6.42 Å². The molecule has 2 rings (SSSR count). The molecule has 4 heteroatoms. The molecule has 1 N–H and O–H groups in total. The molecule has 82 valence electrons. The number of rotatable bonds is 1. The first-order chi connectivity index (χ1) is 7.15. The van der Waals surface area contributed by atoms with Crippen molar-refractivity contribution >= 4 is 21.6 Å². The average molecular weight is 272 g/mol. The lowest BCUT2D eigenvalue weighted by Gasteiger charge is -2.29. The zero-order chi connectivity index (χ0) is 11.0. The van der Waals surface area contributed by atoms with Crippen LogP contribution < -0.4 is 9.64 Å². The molecule has 0 radical (unpaired) electrons. The van der Waals surface area contributed by atoms with Crippen LogP contribution in [0.25, 0.3) is 0 Å². The molecule has 0 spiro atoms. The number of phenols is 1. The van der Waals surface area contributed by atoms with Crippen molar-refractivity contribution in [1.29, 1.82) is 0 Å². The lowest BCUT2D eigenvalue weighted by molar-refractivity contribution is 0.366. The van der Waals surface area contributed by atoms with Gasteiger partial charge in [0.2, 0.25) is 0 Å². The van der Waals surface area contributed by atoms with Crippen LogP contribution in [0.3, 0.4) is 0 Å². The topological polar surface area (TPSA) is 32.7 Å². The summed E-state index contributed by atoms with van der Waals surface area (Å²) in [6.45, 7) is 1.05. The zero-order valence-electron chi connectivity index (χ0n) is 8.88. The number of aromatic hydroxyl groups is 1. The Morgan fingerprint density at radius 1 is 1.53 bits per heavy atom. The van der Waals surface area contributed by atoms with E-state index in [1.807, 2.05) is 6.07 Å². The summed E-state index contributed by atoms with van der Waals surface area (Å²) in [7, 11) is 3.65. The van der Waals surface area contributed by atoms with E-state index in [0.29, 0.717) is 10.2 Å². The summed E-state index contributed by atoms with van der Waals surface area (Å²) < 4.78 is 5.95. The molecule has 1 aromatic carbocycles. The molecule has 0 fully saturated rings. The summed E-state index contributed by atoms with van der Waals surface area (Å²) in [6.07, 6.45) is 2.06. The van der Waals surface area contributed by atoms with E-state index in [4.69, 9.17) is 4.74 Å². The molecule has 0 aliphatic carbocycles. The first-order valence-electron chi connectivity index (χ1n) is 4.94. The number of fused-ring (bicyclic) bond motifs is 1. The highest BCUT2D eigenvalue weighted by Gasteiger charge is 2.22. The molecule has 0 unspecified atom stereocenters. The molecule has 15 heavy (non-hydrogen) atoms. The molecule has 3 nitrogen and oxygen atoms in total. The normalized spacial score (nSPS) is 15.0. The zero-order valence-corrected chi connectivity index (χ0v) is 10.5. The van der Waals surface area contributed by atoms with Gasteiger partial charge in [-0.3, -0.25) is 0 Å². The number of benzene rings is 1. The fourth-order valence-corrected chi connectivity index (χ4v) is 2.46. The maximum atomic E-state index is 9.85. The van der Waals surface area contributed by atoms with Crippen LogP contribution in [0.4, 0.5) is 5.69 Å². The second kappa shape index (κ2) is 3.93. The van der Waals surface area contributed by atoms with Crippen LogP contribution >= 0.6 is 15.9 Å². The molecule has 0 aromatic heterocycles. The Labute approximate surface area is 97.8 Å². The highest BCUT2D eigenvalue weighted by Crippen LogP contribution is 2.44. The fraction of sp³-hybridized carbons (Fsp3) is 0.455. The molecule has 0 saturated heterocycles. The van der Waals surface area contributed by atoms with Crippen LogP contribution in [0.2, 0.25) is 0 Å². The summed E-state index contributed by atoms with van der Waals surface area (Å²) in [5.41, 5.74) is 2.25. The molecular formula is C11H14BrNO2. The number of phenolic OH excluding ortho intramolecular Hbond substituents is 1. The van der Waals surface area contributed by atoms with Gasteiger partial charge in [0.05, 0.1) is 11.6 Å². The van der Waals surface area contributed by atoms with Crippen molar-refractivity contribution in [3.05, 3.63) is 16.1 Å². The monoisotopic (exact) mass is 271 g/mol. The molecule has 1 heterocycles. The Morgan fingerprint density at radius 2 is 2.27 bits per heavy atom. The molecule has 1 aliphatic rings. The second-order valence-electron chi connectivity index (χ2n) is 3.76. The third-order valence-corrected chi connectivity index (χ3v) is 3.43. The molecular weight excluding hydrogens is 258 g/mol. The van der Waals surface area contributed by atoms with Crippen LogP contribution in [0.15, 0.2) is 10.5 Å². The SMILES string of the molecule is COc1c(O)c(Br)cc2c1CCCN2C. The molecule has 1 aromatic rings. The predicted molar refractivity (Wildman–Crippen MR) is 63.9 cm³/mol. The third-order valence-electron chi connectivity index (χ3n) is 2.82. The highest BCUT2D eigenvalue weighted by molar-refractivity contribution is 9.10. The van der Waals surface area contributed by atoms with Crippen molar-refractivity contribution in [2.24, 2.45) is 0 Å². The minimum atomic E-state index is 0.201. The lowest BCUT2D eigenvalue weighted by Crippen LogP contribution is -2.25. The van der Waals surface area contributed by atoms with E-state index in [2.05, 4.69) is 27.9 Å². The number of anilines is 1. The summed E-state index contributed by atoms with van der Waals surface area (Å²) in [4.78, 5) is 2.19. The average Bonchev–Trinajstić information content (AvgIpc) is 2.22. The van der Waals surface area contributed by atoms with E-state index in [-0.39, 0.29) is 5.75 Å². The van der Waals surface area contributed by atoms with Gasteiger partial charge < -0.3 is 14.7 Å². The van der Waals surface area contributed by atoms with Crippen molar-refractivity contribution in [3.63, 3.8) is 0 Å². The number of ether oxygens (including phenoxy) is 1. The molecule has 0 atom stereocenters. The molecule has 0 saturated carbocycles. The number of methoxy groups -OCH3 is 1. The first-order valence-corrected chi connectivity index (χ1v) is 5.74. The van der Waals surface area contributed by atoms with E-state index in [9.17, 15) is 5.11 Å². The highest BCUT2D eigenvalue weighted by atomic mass is 79.9. The van der Waals surface area contributed by atoms with Crippen LogP contribution in [-0.4, -0.2) is 25.8 Å². The molecule has 1 aliphatic heterocycles. The van der Waals surface area contributed by atoms with Gasteiger partial charge in [0.25, 0.3) is 0 Å². The predicted octanol–water partition coefficient (Wildman–Crippen LogP) is 2.55. The maximum absolute atomic E-state index is 9.85. The summed E-state index contributed by atoms with van der Waals surface area (Å²) in [5.74, 6) is 0.803. The van der Waals surface area contributed by atoms with Crippen LogP contribution in [0.1, 0.15) is 12.0 Å². The van der Waals surface area contributed by atoms with Gasteiger partial charge >= 0.3 is 0 Å². The standard InChI is InChI=1S/C11H14BrNO2/c1-13-5-3-4-7-9(13)6-8(12)10(14)11(7)15-2/h6,14H,3-5H2,1-2H3. The lowest BCUT2D eigenvalue weighted by atomic mass is 10.0. The Hall–Kier alpha value is -0.900. The number of nitrogens with zero attached hydrogens (tertiary/aromatic N) is 1. The number of hydrogen-bond acceptors (Lipinski definition) is 3. The van der Waals surface area contributed by atoms with Gasteiger partial charge in [0.1, 0.15) is 0 Å². The second-order valence-corrected chi connectivity index (χ2v) is 4.62. The van der Waals surface area contributed by atoms with Gasteiger partial charge in [-0.2, -0.15) is 0 Å². The number of halogens is 1. The minimum absolute atomic E-state index is 0.201. The minimum Gasteiger partial charge on any atom is -0.503 e. The third kappa shape index (κ3) is 1.67. The van der Waals surface area contributed by atoms with E-state index >= 15 is 0 Å². The van der Waals surface area contributed by atoms with Crippen molar-refractivity contribution < 1.29 is 9.84 Å². The summed E-state index contributed by atoms with van der Waals surface area (Å²) >= 11 is 3.34. The van der Waals surface area contributed by atoms with E-state index in [1.165, 1.54) is 0 Å². The molecule has 0 bridgehead atoms. The van der Waals surface area contributed by atoms with E-state index in [0.717, 1.165) is 30.6 Å². The van der Waals surface area contributed by atoms with Crippen molar-refractivity contribution in [1.82, 2.24) is 0 Å². The van der Waals surface area contributed by atoms with Crippen LogP contribution in [0.5, 0.6) is 11.5 Å². The van der Waals surface area contributed by atoms with Gasteiger partial charge in [-0.15, -0.1) is 0 Å². The first kappa shape index (κ1) is 10.6. The largest absolute Gasteiger partial charge is 0.503 e. The Morgan fingerprint density at radius 3 is 2.93 bits per heavy atom. The Kier molecular flexibility index (Phi) is 2.78. The Bertz CT molecular complexity index is 393. The molecule has 0 amide bonds. The smallest absolute Gasteiger partial charge is 0.172 e. The van der Waals surface area contributed by atoms with Gasteiger partial charge in [-0.05, 0) is 34.8 Å². The quantitative estimate of drug-likeness (QED) is 0.852. The van der Waals surface area contributed by atoms with Gasteiger partial charge in [0, 0.05) is 24.8 Å². The number of hydrogen-bond donors (Lipinski definition) is 1. The van der Waals surface area contributed by atoms with Gasteiger partial charge in [-0.1, -0.05) is 0 Å². The van der Waals surface area contributed by atoms with Gasteiger partial charge in [0.15, 0.2) is 11.5 Å². The van der Waals surface area contributed by atoms with E-state index in [1.54, 1.807) is 7.11 Å². The summed E-state index contributed by atoms with van der Waals surface area (Å²) in [6, 6.07) is 1.95. The van der Waals surface area contributed by atoms with E-state index < -0.39 is 0 Å². The van der Waals surface area contributed by atoms with Crippen molar-refractivity contribution in [2.75, 3.05) is 25.6 Å². The van der Waals surface area contributed by atoms with Crippen LogP contribution in [0, 0.1) is 0 Å². The van der Waals surface area contributed by atoms with Gasteiger partial charge in [-0.25, -0.2) is 0 Å². The van der Waals surface area contributed by atoms with Crippen molar-refractivity contribution in [2.45, 2.75) is 12.8 Å². The fourth-order valence-electron chi connectivity index (χ4n) is 2.06. The maximum Gasteiger partial charge on any atom is 0.172 e. The van der Waals surface area contributed by atoms with Crippen molar-refractivity contribution in [3.8, 4) is 11.5 Å². The Balaban J connectivity index is 2.63.